The Morgan fingerprint density at radius 1 is 1.26 bits per heavy atom. The fourth-order valence-corrected chi connectivity index (χ4v) is 3.10. The molecule has 1 aromatic rings. The quantitative estimate of drug-likeness (QED) is 0.461. The maximum absolute atomic E-state index is 12.0. The van der Waals surface area contributed by atoms with E-state index in [9.17, 15) is 24.5 Å². The summed E-state index contributed by atoms with van der Waals surface area (Å²) in [6.45, 7) is 2.93. The molecule has 0 heterocycles. The van der Waals surface area contributed by atoms with Gasteiger partial charge in [0.05, 0.1) is 10.5 Å². The number of rotatable bonds is 5. The van der Waals surface area contributed by atoms with E-state index in [2.05, 4.69) is 17.6 Å². The summed E-state index contributed by atoms with van der Waals surface area (Å²) in [6.07, 6.45) is 4.08. The molecule has 0 radical (unpaired) electrons. The van der Waals surface area contributed by atoms with Gasteiger partial charge in [0.15, 0.2) is 6.61 Å². The van der Waals surface area contributed by atoms with Crippen molar-refractivity contribution < 1.29 is 24.0 Å². The monoisotopic (exact) mass is 377 g/mol. The molecule has 0 bridgehead atoms. The van der Waals surface area contributed by atoms with Gasteiger partial charge in [-0.2, -0.15) is 0 Å². The standard InChI is InChI=1S/C18H23N3O6/c1-11-5-3-4-6-14(11)19-18(24)20-16(22)10-27-17(23)13-7-8-15(21(25)26)12(2)9-13/h7-9,11,14H,3-6,10H2,1-2H3,(H2,19,20,22,24)/t11-,14-/m1/s1. The molecule has 1 fully saturated rings. The van der Waals surface area contributed by atoms with Crippen LogP contribution in [0, 0.1) is 23.0 Å². The van der Waals surface area contributed by atoms with Gasteiger partial charge < -0.3 is 10.1 Å². The molecule has 2 rings (SSSR count). The van der Waals surface area contributed by atoms with E-state index in [-0.39, 0.29) is 17.3 Å². The van der Waals surface area contributed by atoms with Crippen molar-refractivity contribution in [1.29, 1.82) is 0 Å². The van der Waals surface area contributed by atoms with E-state index in [1.807, 2.05) is 0 Å². The summed E-state index contributed by atoms with van der Waals surface area (Å²) in [4.78, 5) is 45.9. The predicted octanol–water partition coefficient (Wildman–Crippen LogP) is 2.46. The largest absolute Gasteiger partial charge is 0.452 e. The third-order valence-electron chi connectivity index (χ3n) is 4.64. The zero-order valence-corrected chi connectivity index (χ0v) is 15.3. The van der Waals surface area contributed by atoms with Gasteiger partial charge in [0, 0.05) is 17.7 Å². The second-order valence-electron chi connectivity index (χ2n) is 6.72. The highest BCUT2D eigenvalue weighted by Gasteiger charge is 2.23. The molecule has 1 saturated carbocycles. The van der Waals surface area contributed by atoms with Crippen LogP contribution >= 0.6 is 0 Å². The number of hydrogen-bond donors (Lipinski definition) is 2. The molecule has 27 heavy (non-hydrogen) atoms. The summed E-state index contributed by atoms with van der Waals surface area (Å²) in [5, 5.41) is 15.7. The van der Waals surface area contributed by atoms with Crippen LogP contribution in [0.15, 0.2) is 18.2 Å². The summed E-state index contributed by atoms with van der Waals surface area (Å²) in [5.74, 6) is -1.20. The molecular weight excluding hydrogens is 354 g/mol. The summed E-state index contributed by atoms with van der Waals surface area (Å²) < 4.78 is 4.86. The van der Waals surface area contributed by atoms with Crippen LogP contribution in [0.4, 0.5) is 10.5 Å². The molecule has 1 aromatic carbocycles. The number of nitro benzene ring substituents is 1. The van der Waals surface area contributed by atoms with Crippen molar-refractivity contribution in [1.82, 2.24) is 10.6 Å². The third kappa shape index (κ3) is 5.77. The van der Waals surface area contributed by atoms with E-state index in [0.29, 0.717) is 11.5 Å². The molecule has 0 spiro atoms. The van der Waals surface area contributed by atoms with Gasteiger partial charge in [-0.3, -0.25) is 20.2 Å². The van der Waals surface area contributed by atoms with E-state index in [4.69, 9.17) is 4.74 Å². The van der Waals surface area contributed by atoms with E-state index >= 15 is 0 Å². The maximum atomic E-state index is 12.0. The van der Waals surface area contributed by atoms with Crippen LogP contribution in [0.2, 0.25) is 0 Å². The van der Waals surface area contributed by atoms with Gasteiger partial charge in [-0.15, -0.1) is 0 Å². The van der Waals surface area contributed by atoms with Crippen molar-refractivity contribution in [2.24, 2.45) is 5.92 Å². The zero-order chi connectivity index (χ0) is 20.0. The van der Waals surface area contributed by atoms with Crippen molar-refractivity contribution in [3.05, 3.63) is 39.4 Å². The van der Waals surface area contributed by atoms with Crippen LogP contribution < -0.4 is 10.6 Å². The number of nitrogens with zero attached hydrogens (tertiary/aromatic N) is 1. The number of urea groups is 1. The second kappa shape index (κ2) is 9.11. The van der Waals surface area contributed by atoms with Gasteiger partial charge in [0.1, 0.15) is 0 Å². The Morgan fingerprint density at radius 2 is 1.96 bits per heavy atom. The van der Waals surface area contributed by atoms with Gasteiger partial charge in [-0.05, 0) is 37.8 Å². The van der Waals surface area contributed by atoms with Crippen molar-refractivity contribution in [2.75, 3.05) is 6.61 Å². The lowest BCUT2D eigenvalue weighted by Crippen LogP contribution is -2.48. The Kier molecular flexibility index (Phi) is 6.86. The Hall–Kier alpha value is -2.97. The highest BCUT2D eigenvalue weighted by atomic mass is 16.6. The van der Waals surface area contributed by atoms with Gasteiger partial charge in [0.2, 0.25) is 0 Å². The average Bonchev–Trinajstić information content (AvgIpc) is 2.61. The lowest BCUT2D eigenvalue weighted by atomic mass is 9.86. The molecule has 1 aliphatic rings. The molecule has 0 aromatic heterocycles. The van der Waals surface area contributed by atoms with Gasteiger partial charge in [-0.1, -0.05) is 19.8 Å². The molecule has 2 atom stereocenters. The number of carbonyl (C=O) groups excluding carboxylic acids is 3. The number of carbonyl (C=O) groups is 3. The Labute approximate surface area is 156 Å². The number of amides is 3. The summed E-state index contributed by atoms with van der Waals surface area (Å²) in [5.41, 5.74) is 0.282. The number of benzene rings is 1. The van der Waals surface area contributed by atoms with Crippen LogP contribution in [0.1, 0.15) is 48.5 Å². The van der Waals surface area contributed by atoms with Gasteiger partial charge >= 0.3 is 12.0 Å². The Morgan fingerprint density at radius 3 is 2.59 bits per heavy atom. The average molecular weight is 377 g/mol. The fourth-order valence-electron chi connectivity index (χ4n) is 3.10. The first-order valence-electron chi connectivity index (χ1n) is 8.80. The predicted molar refractivity (Wildman–Crippen MR) is 96.2 cm³/mol. The minimum absolute atomic E-state index is 0.0252. The van der Waals surface area contributed by atoms with Crippen molar-refractivity contribution in [3.63, 3.8) is 0 Å². The number of esters is 1. The molecule has 2 N–H and O–H groups in total. The highest BCUT2D eigenvalue weighted by Crippen LogP contribution is 2.23. The fraction of sp³-hybridized carbons (Fsp3) is 0.500. The SMILES string of the molecule is Cc1cc(C(=O)OCC(=O)NC(=O)N[C@@H]2CCCC[C@H]2C)ccc1[N+](=O)[O-]. The van der Waals surface area contributed by atoms with Crippen LogP contribution in [-0.2, 0) is 9.53 Å². The Bertz CT molecular complexity index is 749. The summed E-state index contributed by atoms with van der Waals surface area (Å²) in [7, 11) is 0. The Balaban J connectivity index is 1.80. The molecule has 3 amide bonds. The van der Waals surface area contributed by atoms with Crippen molar-refractivity contribution in [2.45, 2.75) is 45.6 Å². The number of aryl methyl sites for hydroxylation is 1. The van der Waals surface area contributed by atoms with Crippen LogP contribution in [0.25, 0.3) is 0 Å². The minimum Gasteiger partial charge on any atom is -0.452 e. The number of ether oxygens (including phenoxy) is 1. The topological polar surface area (TPSA) is 128 Å². The van der Waals surface area contributed by atoms with E-state index in [1.54, 1.807) is 0 Å². The summed E-state index contributed by atoms with van der Waals surface area (Å²) >= 11 is 0. The van der Waals surface area contributed by atoms with Crippen molar-refractivity contribution in [3.8, 4) is 0 Å². The molecule has 0 aliphatic heterocycles. The number of hydrogen-bond acceptors (Lipinski definition) is 6. The second-order valence-corrected chi connectivity index (χ2v) is 6.72. The first-order valence-corrected chi connectivity index (χ1v) is 8.80. The lowest BCUT2D eigenvalue weighted by molar-refractivity contribution is -0.385. The molecule has 9 heteroatoms. The molecule has 9 nitrogen and oxygen atoms in total. The lowest BCUT2D eigenvalue weighted by Gasteiger charge is -2.29. The van der Waals surface area contributed by atoms with E-state index < -0.39 is 29.4 Å². The van der Waals surface area contributed by atoms with Crippen LogP contribution in [0.5, 0.6) is 0 Å². The first-order chi connectivity index (χ1) is 12.8. The molecular formula is C18H23N3O6. The minimum atomic E-state index is -0.801. The molecule has 0 unspecified atom stereocenters. The molecule has 146 valence electrons. The number of nitro groups is 1. The normalized spacial score (nSPS) is 19.0. The maximum Gasteiger partial charge on any atom is 0.338 e. The van der Waals surface area contributed by atoms with E-state index in [0.717, 1.165) is 25.7 Å². The smallest absolute Gasteiger partial charge is 0.338 e. The number of imide groups is 1. The van der Waals surface area contributed by atoms with Gasteiger partial charge in [0.25, 0.3) is 11.6 Å². The summed E-state index contributed by atoms with van der Waals surface area (Å²) in [6, 6.07) is 3.18. The highest BCUT2D eigenvalue weighted by molar-refractivity contribution is 5.97. The molecule has 1 aliphatic carbocycles. The van der Waals surface area contributed by atoms with E-state index in [1.165, 1.54) is 25.1 Å². The van der Waals surface area contributed by atoms with Crippen molar-refractivity contribution >= 4 is 23.6 Å². The number of nitrogens with one attached hydrogen (secondary N) is 2. The van der Waals surface area contributed by atoms with Crippen LogP contribution in [0.3, 0.4) is 0 Å². The van der Waals surface area contributed by atoms with Gasteiger partial charge in [-0.25, -0.2) is 9.59 Å². The third-order valence-corrected chi connectivity index (χ3v) is 4.64. The van der Waals surface area contributed by atoms with Crippen LogP contribution in [-0.4, -0.2) is 35.5 Å². The zero-order valence-electron chi connectivity index (χ0n) is 15.3. The first kappa shape index (κ1) is 20.3. The molecule has 0 saturated heterocycles.